The Kier molecular flexibility index (Phi) is 23.7. The Hall–Kier alpha value is -10.5. The van der Waals surface area contributed by atoms with Crippen LogP contribution < -0.4 is 48.7 Å². The van der Waals surface area contributed by atoms with Crippen molar-refractivity contribution in [2.75, 3.05) is 25.7 Å². The lowest BCUT2D eigenvalue weighted by molar-refractivity contribution is 0.00578. The number of benzene rings is 2. The van der Waals surface area contributed by atoms with Gasteiger partial charge in [-0.3, -0.25) is 24.0 Å². The summed E-state index contributed by atoms with van der Waals surface area (Å²) in [5, 5.41) is 14.0. The van der Waals surface area contributed by atoms with E-state index in [0.717, 1.165) is 66.0 Å². The number of rotatable bonds is 13. The molecule has 9 heterocycles. The maximum Gasteiger partial charge on any atom is 0.461 e. The highest BCUT2D eigenvalue weighted by molar-refractivity contribution is 9.08. The van der Waals surface area contributed by atoms with Gasteiger partial charge in [0.2, 0.25) is 11.9 Å². The minimum Gasteiger partial charge on any atom is -0.494 e. The summed E-state index contributed by atoms with van der Waals surface area (Å²) in [6, 6.07) is 31.2. The Morgan fingerprint density at radius 2 is 1.11 bits per heavy atom. The van der Waals surface area contributed by atoms with Crippen molar-refractivity contribution in [3.05, 3.63) is 230 Å². The molecule has 16 rings (SSSR count). The van der Waals surface area contributed by atoms with Crippen molar-refractivity contribution in [1.82, 2.24) is 58.2 Å². The zero-order chi connectivity index (χ0) is 72.1. The standard InChI is InChI=1S/C20H19N7O2.C11H9N3O.C9H17BO2.C9H10BrNO.C9H10N4O.C9H11NO.C6H7NO/c1-29-16-6-2-5-14-17(22-20(21)23-18(14)16)15-11-26(25-24-15)10-12-4-3-9-27(19(12)28)13-7-8-13;1-3-8-7-5-4-6-9(15-2)10(7)14-11(12)13-8;1-8(2)9(3,4)12-10(11-8)7-5-6-7;10-6-7-2-1-5-11(9(7)12)8-3-4-8;10-12-11-6-7-2-1-5-13(9(7)14)8-3-4-8;1-7-3-2-6-10(9(7)11)8-4-5-8;1-5-3-2-4-7-6(5)8/h2-6,9,11,13H,7-8,10H2,1H3,(H2,21,22,23);1,4-6H,2H3,(H2,12,13,14);7H,5-6H2,1-4H3;1-2,5,8H,3-4,6H2;1-2,5,8H,3-4,6H2;2-3,6,8H,4-5H2,1H3;2-4H,1H3,(H,7,8). The first-order chi connectivity index (χ1) is 48.6. The average molecular weight is 1430 g/mol. The minimum atomic E-state index is -0.139. The third-order valence-electron chi connectivity index (χ3n) is 17.9. The van der Waals surface area contributed by atoms with Gasteiger partial charge in [-0.15, -0.1) is 11.5 Å². The number of anilines is 2. The van der Waals surface area contributed by atoms with Crippen LogP contribution in [0.2, 0.25) is 5.82 Å². The number of aromatic amines is 1. The summed E-state index contributed by atoms with van der Waals surface area (Å²) in [5.74, 6) is 4.67. The molecule has 1 saturated heterocycles. The molecule has 5 N–H and O–H groups in total. The maximum atomic E-state index is 12.7. The second-order valence-electron chi connectivity index (χ2n) is 26.3. The van der Waals surface area contributed by atoms with Gasteiger partial charge in [-0.1, -0.05) is 87.6 Å². The quantitative estimate of drug-likeness (QED) is 0.0241. The summed E-state index contributed by atoms with van der Waals surface area (Å²) in [5.41, 5.74) is 26.2. The number of para-hydroxylation sites is 2. The van der Waals surface area contributed by atoms with Gasteiger partial charge in [0.15, 0.2) is 0 Å². The molecule has 524 valence electrons. The number of H-pyrrole nitrogens is 1. The maximum absolute atomic E-state index is 12.7. The van der Waals surface area contributed by atoms with Gasteiger partial charge in [-0.2, -0.15) is 0 Å². The Morgan fingerprint density at radius 3 is 1.59 bits per heavy atom. The molecule has 0 amide bonds. The number of aromatic nitrogens is 12. The van der Waals surface area contributed by atoms with E-state index in [1.54, 1.807) is 77.8 Å². The summed E-state index contributed by atoms with van der Waals surface area (Å²) in [4.78, 5) is 79.9. The van der Waals surface area contributed by atoms with E-state index in [9.17, 15) is 24.0 Å². The Bertz CT molecular complexity index is 4980. The smallest absolute Gasteiger partial charge is 0.461 e. The molecule has 5 saturated carbocycles. The molecular weight excluding hydrogens is 1350 g/mol. The van der Waals surface area contributed by atoms with Crippen molar-refractivity contribution in [2.45, 2.75) is 165 Å². The van der Waals surface area contributed by atoms with E-state index in [1.807, 2.05) is 107 Å². The van der Waals surface area contributed by atoms with Gasteiger partial charge in [0.05, 0.1) is 44.7 Å². The zero-order valence-corrected chi connectivity index (χ0v) is 59.5. The minimum absolute atomic E-state index is 0.00694. The number of alkyl halides is 1. The van der Waals surface area contributed by atoms with Gasteiger partial charge in [0.25, 0.3) is 27.8 Å². The molecule has 0 spiro atoms. The molecule has 6 fully saturated rings. The number of nitrogens with one attached hydrogen (secondary N) is 1. The SMILES string of the molecule is C#Cc1nc(N)nc2c(OC)cccc12.CC1(C)OB(C2CC2)OC1(C)C.COc1cccc2c(-c3cn(Cc4cccn(C5CC5)c4=O)nn3)nc(N)nc12.Cc1ccc[nH]c1=O.Cc1cccn(C2CC2)c1=O.O=c1c(CBr)cccn1C1CC1.[N-]=[N+]=NCc1cccn(C2CC2)c1=O. The highest BCUT2D eigenvalue weighted by Gasteiger charge is 2.56. The first kappa shape index (κ1) is 73.3. The van der Waals surface area contributed by atoms with Crippen LogP contribution in [-0.4, -0.2) is 90.7 Å². The van der Waals surface area contributed by atoms with Gasteiger partial charge in [0.1, 0.15) is 39.6 Å². The van der Waals surface area contributed by atoms with E-state index in [-0.39, 0.29) is 64.6 Å². The van der Waals surface area contributed by atoms with Crippen LogP contribution in [0, 0.1) is 26.2 Å². The lowest BCUT2D eigenvalue weighted by atomic mass is 9.82. The number of pyridine rings is 5. The Balaban J connectivity index is 0.000000133. The fourth-order valence-electron chi connectivity index (χ4n) is 10.8. The fourth-order valence-corrected chi connectivity index (χ4v) is 11.3. The first-order valence-electron chi connectivity index (χ1n) is 33.5. The van der Waals surface area contributed by atoms with Crippen LogP contribution in [0.1, 0.15) is 150 Å². The van der Waals surface area contributed by atoms with Gasteiger partial charge in [-0.05, 0) is 159 Å². The molecule has 0 atom stereocenters. The number of hydrogen-bond donors (Lipinski definition) is 3. The van der Waals surface area contributed by atoms with Gasteiger partial charge in [0, 0.05) is 104 Å². The molecule has 2 aromatic carbocycles. The second-order valence-corrected chi connectivity index (χ2v) is 26.8. The third kappa shape index (κ3) is 18.7. The summed E-state index contributed by atoms with van der Waals surface area (Å²) in [6.45, 7) is 12.5. The molecule has 1 aliphatic heterocycles. The van der Waals surface area contributed by atoms with Crippen molar-refractivity contribution in [3.63, 3.8) is 0 Å². The fraction of sp³-hybridized carbons (Fsp3) is 0.384. The van der Waals surface area contributed by atoms with Crippen molar-refractivity contribution in [1.29, 1.82) is 0 Å². The molecule has 101 heavy (non-hydrogen) atoms. The molecule has 26 nitrogen and oxygen atoms in total. The Labute approximate surface area is 592 Å². The van der Waals surface area contributed by atoms with Crippen LogP contribution in [-0.2, 0) is 27.7 Å². The Morgan fingerprint density at radius 1 is 0.634 bits per heavy atom. The number of nitrogens with two attached hydrogens (primary N) is 2. The number of nitrogen functional groups attached to an aromatic ring is 2. The van der Waals surface area contributed by atoms with Gasteiger partial charge >= 0.3 is 7.12 Å². The largest absolute Gasteiger partial charge is 0.494 e. The molecule has 0 bridgehead atoms. The van der Waals surface area contributed by atoms with Gasteiger partial charge in [-0.25, -0.2) is 24.6 Å². The second kappa shape index (κ2) is 32.7. The molecule has 10 aromatic rings. The van der Waals surface area contributed by atoms with Crippen LogP contribution in [0.4, 0.5) is 11.9 Å². The monoisotopic (exact) mass is 1430 g/mol. The van der Waals surface area contributed by atoms with Crippen molar-refractivity contribution in [2.24, 2.45) is 5.11 Å². The van der Waals surface area contributed by atoms with Crippen LogP contribution in [0.3, 0.4) is 0 Å². The van der Waals surface area contributed by atoms with Crippen molar-refractivity contribution in [3.8, 4) is 35.2 Å². The summed E-state index contributed by atoms with van der Waals surface area (Å²) in [7, 11) is 3.22. The number of terminal acetylenes is 1. The van der Waals surface area contributed by atoms with Crippen molar-refractivity contribution < 1.29 is 18.8 Å². The molecule has 8 aromatic heterocycles. The number of hydrogen-bond acceptors (Lipinski definition) is 18. The number of nitrogens with zero attached hydrogens (tertiary/aromatic N) is 14. The van der Waals surface area contributed by atoms with Gasteiger partial charge < -0.3 is 53.5 Å². The van der Waals surface area contributed by atoms with E-state index < -0.39 is 0 Å². The summed E-state index contributed by atoms with van der Waals surface area (Å²) in [6.07, 6.45) is 27.6. The normalized spacial score (nSPS) is 15.8. The average Bonchev–Trinajstić information content (AvgIpc) is 1.81. The van der Waals surface area contributed by atoms with E-state index >= 15 is 0 Å². The van der Waals surface area contributed by atoms with Crippen LogP contribution in [0.25, 0.3) is 43.6 Å². The predicted molar refractivity (Wildman–Crippen MR) is 394 cm³/mol. The lowest BCUT2D eigenvalue weighted by Crippen LogP contribution is -2.41. The highest BCUT2D eigenvalue weighted by atomic mass is 79.9. The number of methoxy groups -OCH3 is 2. The number of aryl methyl sites for hydroxylation is 2. The topological polar surface area (TPSA) is 341 Å². The van der Waals surface area contributed by atoms with E-state index in [1.165, 1.54) is 25.7 Å². The molecule has 0 radical (unpaired) electrons. The van der Waals surface area contributed by atoms with E-state index in [4.69, 9.17) is 42.2 Å². The number of ether oxygens (including phenoxy) is 2. The molecule has 6 aliphatic rings. The van der Waals surface area contributed by atoms with Crippen molar-refractivity contribution >= 4 is 56.8 Å². The number of halogens is 1. The summed E-state index contributed by atoms with van der Waals surface area (Å²) >= 11 is 3.30. The van der Waals surface area contributed by atoms with E-state index in [0.29, 0.717) is 92.6 Å². The highest BCUT2D eigenvalue weighted by Crippen LogP contribution is 2.48. The van der Waals surface area contributed by atoms with Crippen LogP contribution in [0.5, 0.6) is 11.5 Å². The number of azide groups is 1. The summed E-state index contributed by atoms with van der Waals surface area (Å²) < 4.78 is 31.1. The lowest BCUT2D eigenvalue weighted by Gasteiger charge is -2.32. The van der Waals surface area contributed by atoms with E-state index in [2.05, 4.69) is 94.8 Å². The zero-order valence-electron chi connectivity index (χ0n) is 57.9. The molecule has 5 aliphatic carbocycles. The number of fused-ring (bicyclic) bond motifs is 2. The third-order valence-corrected chi connectivity index (χ3v) is 18.5. The van der Waals surface area contributed by atoms with Crippen LogP contribution in [0.15, 0.2) is 163 Å². The first-order valence-corrected chi connectivity index (χ1v) is 34.6. The molecule has 0 unspecified atom stereocenters. The molecular formula is C73H83BBrN17O9. The van der Waals surface area contributed by atoms with Crippen LogP contribution >= 0.6 is 15.9 Å². The molecule has 28 heteroatoms. The predicted octanol–water partition coefficient (Wildman–Crippen LogP) is 11.7.